The summed E-state index contributed by atoms with van der Waals surface area (Å²) >= 11 is 0. The third-order valence-electron chi connectivity index (χ3n) is 18.1. The van der Waals surface area contributed by atoms with Crippen LogP contribution in [0.2, 0.25) is 0 Å². The summed E-state index contributed by atoms with van der Waals surface area (Å²) in [6, 6.07) is 104. The normalized spacial score (nSPS) is 13.7. The lowest BCUT2D eigenvalue weighted by Crippen LogP contribution is -2.61. The number of hydrogen-bond acceptors (Lipinski definition) is 6. The van der Waals surface area contributed by atoms with Gasteiger partial charge in [-0.1, -0.05) is 249 Å². The van der Waals surface area contributed by atoms with Crippen LogP contribution in [0, 0.1) is 0 Å². The molecule has 0 bridgehead atoms. The van der Waals surface area contributed by atoms with Gasteiger partial charge in [0.25, 0.3) is 6.71 Å². The van der Waals surface area contributed by atoms with Gasteiger partial charge in [-0.2, -0.15) is 0 Å². The van der Waals surface area contributed by atoms with Crippen LogP contribution in [0.1, 0.15) is 6.85 Å². The summed E-state index contributed by atoms with van der Waals surface area (Å²) in [5, 5.41) is 0. The first-order valence-corrected chi connectivity index (χ1v) is 30.7. The number of anilines is 12. The molecule has 7 heteroatoms. The van der Waals surface area contributed by atoms with Crippen LogP contribution in [0.15, 0.2) is 334 Å². The molecule has 0 aromatic heterocycles. The summed E-state index contributed by atoms with van der Waals surface area (Å²) in [6.45, 7) is -0.480. The van der Waals surface area contributed by atoms with Gasteiger partial charge in [0, 0.05) is 56.4 Å². The molecule has 4 aliphatic heterocycles. The quantitative estimate of drug-likeness (QED) is 0.134. The van der Waals surface area contributed by atoms with Crippen molar-refractivity contribution in [3.8, 4) is 78.6 Å². The number of rotatable bonds is 9. The number of hydrogen-bond donors (Lipinski definition) is 0. The first-order valence-electron chi connectivity index (χ1n) is 33.2. The standard InChI is InChI=1S/C84H55BN4O2/c1-6-26-56(27-7-1)61-52-76-82-77(53-61)89(84-66(59-32-12-4-13-33-59)38-25-39-67(84)60-34-14-5-15-35-60)75-55-63(87-72-42-18-22-46-80(72)91-81-47-23-19-43-73(81)87)49-51-69(75)85(82)68-50-48-62(86-70-40-16-20-44-78(70)90-79-45-21-17-41-71(79)86)54-74(68)88(76)83-64(57-28-8-2-9-29-57)36-24-37-65(83)58-30-10-3-11-31-58/h1-55H/i1D,6D,7D,26D,27D. The molecule has 0 atom stereocenters. The number of ether oxygens (including phenoxy) is 2. The first-order chi connectivity index (χ1) is 47.3. The number of benzene rings is 14. The zero-order valence-electron chi connectivity index (χ0n) is 54.1. The first kappa shape index (κ1) is 47.1. The maximum absolute atomic E-state index is 9.93. The molecule has 14 aromatic carbocycles. The maximum atomic E-state index is 9.93. The second-order valence-electron chi connectivity index (χ2n) is 23.1. The molecule has 18 rings (SSSR count). The highest BCUT2D eigenvalue weighted by Gasteiger charge is 2.46. The Morgan fingerprint density at radius 3 is 0.934 bits per heavy atom. The Morgan fingerprint density at radius 2 is 0.582 bits per heavy atom. The third-order valence-corrected chi connectivity index (χ3v) is 18.1. The zero-order chi connectivity index (χ0) is 64.3. The minimum Gasteiger partial charge on any atom is -0.453 e. The van der Waals surface area contributed by atoms with E-state index in [1.165, 1.54) is 0 Å². The number of fused-ring (bicyclic) bond motifs is 8. The van der Waals surface area contributed by atoms with E-state index in [9.17, 15) is 5.48 Å². The molecule has 0 unspecified atom stereocenters. The monoisotopic (exact) mass is 1170 g/mol. The summed E-state index contributed by atoms with van der Waals surface area (Å²) in [4.78, 5) is 9.39. The minimum absolute atomic E-state index is 0.0814. The molecule has 0 N–H and O–H groups in total. The molecule has 14 aromatic rings. The van der Waals surface area contributed by atoms with E-state index in [2.05, 4.69) is 226 Å². The van der Waals surface area contributed by atoms with Crippen molar-refractivity contribution in [1.29, 1.82) is 0 Å². The third kappa shape index (κ3) is 8.50. The van der Waals surface area contributed by atoms with Crippen LogP contribution in [0.4, 0.5) is 68.2 Å². The van der Waals surface area contributed by atoms with Crippen molar-refractivity contribution in [3.63, 3.8) is 0 Å². The van der Waals surface area contributed by atoms with Crippen molar-refractivity contribution in [3.05, 3.63) is 334 Å². The average Bonchev–Trinajstić information content (AvgIpc) is 0.691. The van der Waals surface area contributed by atoms with Crippen LogP contribution in [-0.2, 0) is 0 Å². The fourth-order valence-corrected chi connectivity index (χ4v) is 14.2. The van der Waals surface area contributed by atoms with Gasteiger partial charge in [0.2, 0.25) is 0 Å². The largest absolute Gasteiger partial charge is 0.453 e. The molecule has 0 fully saturated rings. The van der Waals surface area contributed by atoms with Crippen LogP contribution in [-0.4, -0.2) is 6.71 Å². The molecule has 0 aliphatic carbocycles. The number of para-hydroxylation sites is 10. The molecule has 0 saturated heterocycles. The molecular weight excluding hydrogens is 1110 g/mol. The molecule has 6 nitrogen and oxygen atoms in total. The molecule has 0 radical (unpaired) electrons. The fraction of sp³-hybridized carbons (Fsp3) is 0. The molecule has 426 valence electrons. The Morgan fingerprint density at radius 1 is 0.253 bits per heavy atom. The van der Waals surface area contributed by atoms with Crippen LogP contribution in [0.25, 0.3) is 55.6 Å². The molecule has 0 saturated carbocycles. The molecular formula is C84H55BN4O2. The van der Waals surface area contributed by atoms with Gasteiger partial charge < -0.3 is 29.1 Å². The molecule has 0 amide bonds. The van der Waals surface area contributed by atoms with Crippen molar-refractivity contribution in [2.45, 2.75) is 0 Å². The van der Waals surface area contributed by atoms with Crippen molar-refractivity contribution in [2.24, 2.45) is 0 Å². The van der Waals surface area contributed by atoms with Gasteiger partial charge in [0.1, 0.15) is 0 Å². The second kappa shape index (κ2) is 21.4. The van der Waals surface area contributed by atoms with E-state index in [4.69, 9.17) is 10.8 Å². The number of nitrogens with zero attached hydrogens (tertiary/aromatic N) is 4. The summed E-state index contributed by atoms with van der Waals surface area (Å²) in [6.07, 6.45) is 0. The predicted molar refractivity (Wildman–Crippen MR) is 377 cm³/mol. The van der Waals surface area contributed by atoms with Gasteiger partial charge in [-0.3, -0.25) is 0 Å². The van der Waals surface area contributed by atoms with Gasteiger partial charge in [-0.05, 0) is 135 Å². The summed E-state index contributed by atoms with van der Waals surface area (Å²) in [5.74, 6) is 2.88. The van der Waals surface area contributed by atoms with E-state index in [0.29, 0.717) is 5.56 Å². The smallest absolute Gasteiger partial charge is 0.252 e. The lowest BCUT2D eigenvalue weighted by atomic mass is 9.33. The Bertz CT molecular complexity index is 4950. The van der Waals surface area contributed by atoms with Gasteiger partial charge in [-0.15, -0.1) is 0 Å². The maximum Gasteiger partial charge on any atom is 0.252 e. The van der Waals surface area contributed by atoms with E-state index in [-0.39, 0.29) is 17.6 Å². The average molecular weight is 1170 g/mol. The predicted octanol–water partition coefficient (Wildman–Crippen LogP) is 21.3. The molecule has 0 spiro atoms. The second-order valence-corrected chi connectivity index (χ2v) is 23.1. The van der Waals surface area contributed by atoms with Crippen molar-refractivity contribution >= 4 is 91.3 Å². The highest BCUT2D eigenvalue weighted by atomic mass is 16.5. The lowest BCUT2D eigenvalue weighted by Gasteiger charge is -2.46. The summed E-state index contributed by atoms with van der Waals surface area (Å²) in [7, 11) is 0. The van der Waals surface area contributed by atoms with Crippen LogP contribution in [0.3, 0.4) is 0 Å². The highest BCUT2D eigenvalue weighted by molar-refractivity contribution is 7.00. The van der Waals surface area contributed by atoms with Gasteiger partial charge in [0.15, 0.2) is 23.0 Å². The van der Waals surface area contributed by atoms with E-state index in [1.54, 1.807) is 0 Å². The van der Waals surface area contributed by atoms with Crippen LogP contribution in [0.5, 0.6) is 23.0 Å². The Kier molecular flexibility index (Phi) is 11.1. The van der Waals surface area contributed by atoms with Gasteiger partial charge >= 0.3 is 0 Å². The van der Waals surface area contributed by atoms with E-state index < -0.39 is 24.8 Å². The van der Waals surface area contributed by atoms with E-state index >= 15 is 0 Å². The summed E-state index contributed by atoms with van der Waals surface area (Å²) < 4.78 is 60.9. The zero-order valence-corrected chi connectivity index (χ0v) is 49.1. The fourth-order valence-electron chi connectivity index (χ4n) is 14.2. The van der Waals surface area contributed by atoms with E-state index in [1.807, 2.05) is 97.1 Å². The van der Waals surface area contributed by atoms with E-state index in [0.717, 1.165) is 152 Å². The highest BCUT2D eigenvalue weighted by Crippen LogP contribution is 2.57. The molecule has 4 heterocycles. The Balaban J connectivity index is 1.03. The lowest BCUT2D eigenvalue weighted by molar-refractivity contribution is 0.477. The van der Waals surface area contributed by atoms with Crippen molar-refractivity contribution in [1.82, 2.24) is 0 Å². The van der Waals surface area contributed by atoms with Crippen molar-refractivity contribution < 1.29 is 16.3 Å². The van der Waals surface area contributed by atoms with Gasteiger partial charge in [-0.25, -0.2) is 0 Å². The topological polar surface area (TPSA) is 31.4 Å². The minimum atomic E-state index is -0.480. The summed E-state index contributed by atoms with van der Waals surface area (Å²) in [5.41, 5.74) is 21.7. The van der Waals surface area contributed by atoms with Crippen LogP contribution < -0.4 is 45.5 Å². The molecule has 91 heavy (non-hydrogen) atoms. The van der Waals surface area contributed by atoms with Crippen molar-refractivity contribution in [2.75, 3.05) is 19.6 Å². The SMILES string of the molecule is [2H]c1c([2H])c([2H])c(-c2cc3c4c(c2)N(c2c(-c5ccccc5)cccc2-c2ccccc2)c2cc(N5c6ccccc6Oc6ccccc65)ccc2B4c2ccc(N4c5ccccc5Oc5ccccc54)cc2N3c2c(-c3ccccc3)cccc2-c2ccccc2)c([2H])c1[2H]. The van der Waals surface area contributed by atoms with Gasteiger partial charge in [0.05, 0.1) is 41.0 Å². The van der Waals surface area contributed by atoms with Crippen LogP contribution >= 0.6 is 0 Å². The Hall–Kier alpha value is -12.1. The Labute approximate surface area is 536 Å². The molecule has 4 aliphatic rings.